The average Bonchev–Trinajstić information content (AvgIpc) is 3.09. The molecule has 24 heavy (non-hydrogen) atoms. The number of aliphatic hydroxyl groups is 2. The Morgan fingerprint density at radius 3 is 2.58 bits per heavy atom. The average molecular weight is 336 g/mol. The molecule has 7 heteroatoms. The van der Waals surface area contributed by atoms with E-state index >= 15 is 0 Å². The van der Waals surface area contributed by atoms with Crippen LogP contribution in [0.15, 0.2) is 24.3 Å². The van der Waals surface area contributed by atoms with Crippen LogP contribution in [0.1, 0.15) is 32.4 Å². The molecule has 1 atom stereocenters. The van der Waals surface area contributed by atoms with Crippen LogP contribution in [0.25, 0.3) is 21.8 Å². The number of nitrogens with one attached hydrogen (secondary N) is 2. The molecule has 118 valence electrons. The monoisotopic (exact) mass is 336 g/mol. The van der Waals surface area contributed by atoms with E-state index in [0.717, 1.165) is 20.8 Å². The van der Waals surface area contributed by atoms with Crippen molar-refractivity contribution in [3.63, 3.8) is 0 Å². The van der Waals surface area contributed by atoms with Crippen LogP contribution in [-0.2, 0) is 0 Å². The van der Waals surface area contributed by atoms with E-state index in [4.69, 9.17) is 5.11 Å². The van der Waals surface area contributed by atoms with E-state index in [-0.39, 0.29) is 27.3 Å². The van der Waals surface area contributed by atoms with E-state index in [9.17, 15) is 14.7 Å². The summed E-state index contributed by atoms with van der Waals surface area (Å²) in [5.74, 6) is -0.798. The van der Waals surface area contributed by atoms with Crippen LogP contribution in [-0.4, -0.2) is 53.8 Å². The van der Waals surface area contributed by atoms with Crippen LogP contribution in [0.4, 0.5) is 0 Å². The molecule has 1 aromatic heterocycles. The van der Waals surface area contributed by atoms with E-state index < -0.39 is 12.0 Å². The van der Waals surface area contributed by atoms with Crippen molar-refractivity contribution in [3.05, 3.63) is 41.0 Å². The van der Waals surface area contributed by atoms with Crippen molar-refractivity contribution in [2.24, 2.45) is 0 Å². The number of benzene rings is 2. The summed E-state index contributed by atoms with van der Waals surface area (Å²) in [6, 6.07) is 7.12. The molecule has 0 fully saturated rings. The van der Waals surface area contributed by atoms with Crippen LogP contribution < -0.4 is 9.74 Å². The molecule has 0 saturated heterocycles. The number of aromatic amines is 1. The Labute approximate surface area is 142 Å². The van der Waals surface area contributed by atoms with Gasteiger partial charge in [-0.15, -0.1) is 0 Å². The molecular weight excluding hydrogens is 323 g/mol. The Bertz CT molecular complexity index is 1050. The molecule has 2 heterocycles. The zero-order chi connectivity index (χ0) is 17.0. The summed E-state index contributed by atoms with van der Waals surface area (Å²) in [4.78, 5) is 27.7. The number of imide groups is 1. The molecule has 0 spiro atoms. The van der Waals surface area contributed by atoms with Crippen LogP contribution >= 0.6 is 0 Å². The van der Waals surface area contributed by atoms with Crippen molar-refractivity contribution in [3.8, 4) is 0 Å². The molecule has 4 rings (SSSR count). The van der Waals surface area contributed by atoms with E-state index in [1.54, 1.807) is 18.2 Å². The van der Waals surface area contributed by atoms with Gasteiger partial charge in [0.25, 0.3) is 0 Å². The van der Waals surface area contributed by atoms with Crippen molar-refractivity contribution in [1.29, 1.82) is 0 Å². The van der Waals surface area contributed by atoms with Gasteiger partial charge in [-0.3, -0.25) is 0 Å². The van der Waals surface area contributed by atoms with E-state index in [0.29, 0.717) is 22.1 Å². The van der Waals surface area contributed by atoms with Gasteiger partial charge in [0.15, 0.2) is 0 Å². The Morgan fingerprint density at radius 1 is 1.12 bits per heavy atom. The third kappa shape index (κ3) is 2.00. The fourth-order valence-electron chi connectivity index (χ4n) is 3.28. The van der Waals surface area contributed by atoms with Crippen molar-refractivity contribution in [1.82, 2.24) is 10.3 Å². The summed E-state index contributed by atoms with van der Waals surface area (Å²) in [5.41, 5.74) is 2.88. The fraction of sp³-hybridized carbons (Fsp3) is 0.118. The van der Waals surface area contributed by atoms with E-state index in [2.05, 4.69) is 15.7 Å². The summed E-state index contributed by atoms with van der Waals surface area (Å²) in [6.07, 6.45) is -0.994. The van der Waals surface area contributed by atoms with Crippen molar-refractivity contribution < 1.29 is 19.8 Å². The summed E-state index contributed by atoms with van der Waals surface area (Å²) in [7, 11) is 0. The van der Waals surface area contributed by atoms with Crippen molar-refractivity contribution in [2.75, 3.05) is 6.61 Å². The molecule has 3 aromatic rings. The fourth-order valence-corrected chi connectivity index (χ4v) is 4.04. The summed E-state index contributed by atoms with van der Waals surface area (Å²) in [6.45, 7) is -0.389. The van der Waals surface area contributed by atoms with Crippen LogP contribution in [0.3, 0.4) is 0 Å². The Morgan fingerprint density at radius 2 is 1.88 bits per heavy atom. The molecule has 0 aliphatic carbocycles. The number of rotatable bonds is 3. The van der Waals surface area contributed by atoms with E-state index in [1.807, 2.05) is 6.07 Å². The summed E-state index contributed by atoms with van der Waals surface area (Å²) >= 11 is -0.377. The number of hydrogen-bond donors (Lipinski definition) is 4. The normalized spacial score (nSPS) is 14.8. The number of hydrogen-bond acceptors (Lipinski definition) is 4. The van der Waals surface area contributed by atoms with Crippen molar-refractivity contribution >= 4 is 58.2 Å². The number of carbonyl (C=O) groups excluding carboxylic acids is 2. The second-order valence-corrected chi connectivity index (χ2v) is 6.78. The van der Waals surface area contributed by atoms with Crippen LogP contribution in [0.2, 0.25) is 0 Å². The Kier molecular flexibility index (Phi) is 3.41. The molecule has 6 nitrogen and oxygen atoms in total. The molecule has 0 bridgehead atoms. The standard InChI is InChI=1S/C16H11N2O4.CH2.Al/c19-6-12(20)7-1-3-10-9(5-7)13-11(17-10)4-2-8-14(13)16(22)18-15(8)21;;/h1,3-5,12,17,19-20H,6H2,(H,18,21,22);1H2;. The summed E-state index contributed by atoms with van der Waals surface area (Å²) < 4.78 is 0.794. The van der Waals surface area contributed by atoms with Gasteiger partial charge in [0.2, 0.25) is 0 Å². The molecule has 4 N–H and O–H groups in total. The molecule has 1 aliphatic heterocycles. The second kappa shape index (κ2) is 5.37. The Hall–Kier alpha value is -2.30. The van der Waals surface area contributed by atoms with Gasteiger partial charge < -0.3 is 0 Å². The predicted octanol–water partition coefficient (Wildman–Crippen LogP) is -0.00810. The minimum absolute atomic E-state index is 0.366. The molecule has 0 saturated carbocycles. The topological polar surface area (TPSA) is 102 Å². The maximum absolute atomic E-state index is 12.3. The zero-order valence-corrected chi connectivity index (χ0v) is 13.7. The van der Waals surface area contributed by atoms with Gasteiger partial charge in [0, 0.05) is 0 Å². The first-order valence-corrected chi connectivity index (χ1v) is 8.84. The van der Waals surface area contributed by atoms with Crippen molar-refractivity contribution in [2.45, 2.75) is 6.10 Å². The van der Waals surface area contributed by atoms with Gasteiger partial charge in [-0.05, 0) is 0 Å². The molecule has 1 aliphatic rings. The quantitative estimate of drug-likeness (QED) is 0.399. The number of aliphatic hydroxyl groups excluding tert-OH is 2. The second-order valence-electron chi connectivity index (χ2n) is 5.75. The first kappa shape index (κ1) is 15.2. The number of carbonyl (C=O) groups is 2. The first-order valence-electron chi connectivity index (χ1n) is 7.44. The first-order chi connectivity index (χ1) is 11.5. The van der Waals surface area contributed by atoms with E-state index in [1.165, 1.54) is 0 Å². The van der Waals surface area contributed by atoms with Crippen LogP contribution in [0.5, 0.6) is 0 Å². The molecular formula is C17H13AlN2O4. The molecule has 0 radical (unpaired) electrons. The summed E-state index contributed by atoms with van der Waals surface area (Å²) in [5, 5.41) is 26.7. The Balaban J connectivity index is 2.15. The van der Waals surface area contributed by atoms with Crippen LogP contribution in [0, 0.1) is 0 Å². The number of H-pyrrole nitrogens is 1. The maximum atomic E-state index is 12.3. The SMILES string of the molecule is [CH2]=[Al][c]1cc2[nH]c3ccc(C(O)CO)cc3c2c2c1C(=O)NC2=O. The third-order valence-corrected chi connectivity index (χ3v) is 5.29. The van der Waals surface area contributed by atoms with Gasteiger partial charge in [-0.1, -0.05) is 0 Å². The molecule has 1 unspecified atom stereocenters. The van der Waals surface area contributed by atoms with Gasteiger partial charge in [-0.25, -0.2) is 0 Å². The van der Waals surface area contributed by atoms with Gasteiger partial charge in [0.05, 0.1) is 0 Å². The molecule has 2 amide bonds. The minimum atomic E-state index is -0.994. The van der Waals surface area contributed by atoms with Gasteiger partial charge in [-0.2, -0.15) is 0 Å². The third-order valence-electron chi connectivity index (χ3n) is 4.40. The number of fused-ring (bicyclic) bond motifs is 5. The zero-order valence-electron chi connectivity index (χ0n) is 12.6. The van der Waals surface area contributed by atoms with Gasteiger partial charge in [0.1, 0.15) is 0 Å². The number of amides is 2. The molecule has 2 aromatic carbocycles. The number of aromatic nitrogens is 1. The van der Waals surface area contributed by atoms with Gasteiger partial charge >= 0.3 is 142 Å². The predicted molar refractivity (Wildman–Crippen MR) is 92.2 cm³/mol.